The van der Waals surface area contributed by atoms with E-state index in [-0.39, 0.29) is 22.0 Å². The minimum absolute atomic E-state index is 0.0858. The number of allylic oxidation sites excluding steroid dienone is 1. The molecule has 0 heterocycles. The molecule has 0 atom stereocenters. The summed E-state index contributed by atoms with van der Waals surface area (Å²) in [7, 11) is 0. The zero-order chi connectivity index (χ0) is 53.5. The molecule has 0 fully saturated rings. The second kappa shape index (κ2) is 34.3. The lowest BCUT2D eigenvalue weighted by atomic mass is 9.78. The van der Waals surface area contributed by atoms with Crippen LogP contribution in [-0.2, 0) is 15.0 Å². The maximum atomic E-state index is 10.8. The molecule has 0 saturated heterocycles. The van der Waals surface area contributed by atoms with Crippen molar-refractivity contribution in [2.75, 3.05) is 0 Å². The smallest absolute Gasteiger partial charge is 0.137 e. The number of carbonyl (C=O) groups is 2. The van der Waals surface area contributed by atoms with Crippen molar-refractivity contribution in [2.45, 2.75) is 154 Å². The molecule has 0 unspecified atom stereocenters. The molecular weight excluding hydrogens is 896 g/mol. The highest BCUT2D eigenvalue weighted by Crippen LogP contribution is 2.30. The molecule has 0 bridgehead atoms. The normalized spacial score (nSPS) is 10.9. The van der Waals surface area contributed by atoms with Crippen molar-refractivity contribution in [1.82, 2.24) is 0 Å². The number of Topliss-reactive ketones (excluding diaryl/α,β-unsaturated/α-hetero) is 2. The summed E-state index contributed by atoms with van der Waals surface area (Å²) in [5.74, 6) is 3.03. The highest BCUT2D eigenvalue weighted by atomic mass is 35.5. The first-order chi connectivity index (χ1) is 32.6. The Hall–Kier alpha value is -5.02. The maximum absolute atomic E-state index is 10.8. The largest absolute Gasteiger partial charge is 0.299 e. The van der Waals surface area contributed by atoms with Crippen molar-refractivity contribution >= 4 is 40.8 Å². The van der Waals surface area contributed by atoms with Crippen LogP contribution in [0.15, 0.2) is 176 Å². The van der Waals surface area contributed by atoms with Gasteiger partial charge in [-0.3, -0.25) is 9.59 Å². The SMILES string of the molecule is CC(=O)C(C)(C)C.CC(C)(c1ccccc1)c1ccccc1.CC(C)/C=C/c1ccccc1.CC(C)c1ccc(Cl)cc1.CC(C)c1cccc(Cl)c1.CC(C)c1ccccc1.CCC(=O)C(C)(C)C. The van der Waals surface area contributed by atoms with Crippen LogP contribution in [0.5, 0.6) is 0 Å². The molecule has 70 heavy (non-hydrogen) atoms. The molecule has 6 rings (SSSR count). The van der Waals surface area contributed by atoms with Crippen LogP contribution in [0.3, 0.4) is 0 Å². The summed E-state index contributed by atoms with van der Waals surface area (Å²) in [5, 5.41) is 1.63. The van der Waals surface area contributed by atoms with Gasteiger partial charge in [0.15, 0.2) is 0 Å². The molecule has 4 heteroatoms. The van der Waals surface area contributed by atoms with Gasteiger partial charge in [0.25, 0.3) is 0 Å². The third-order valence-corrected chi connectivity index (χ3v) is 11.7. The minimum Gasteiger partial charge on any atom is -0.299 e. The van der Waals surface area contributed by atoms with Gasteiger partial charge in [-0.1, -0.05) is 299 Å². The molecule has 0 aliphatic heterocycles. The number of halogens is 2. The summed E-state index contributed by atoms with van der Waals surface area (Å²) >= 11 is 11.5. The van der Waals surface area contributed by atoms with Crippen LogP contribution in [0.1, 0.15) is 182 Å². The Morgan fingerprint density at radius 1 is 0.457 bits per heavy atom. The summed E-state index contributed by atoms with van der Waals surface area (Å²) in [4.78, 5) is 21.3. The van der Waals surface area contributed by atoms with Gasteiger partial charge in [-0.25, -0.2) is 0 Å². The van der Waals surface area contributed by atoms with Crippen molar-refractivity contribution in [3.8, 4) is 0 Å². The first-order valence-electron chi connectivity index (χ1n) is 25.1. The van der Waals surface area contributed by atoms with E-state index in [9.17, 15) is 9.59 Å². The lowest BCUT2D eigenvalue weighted by Gasteiger charge is -2.25. The summed E-state index contributed by atoms with van der Waals surface area (Å²) in [6.07, 6.45) is 5.02. The van der Waals surface area contributed by atoms with Crippen LogP contribution in [0.25, 0.3) is 6.08 Å². The van der Waals surface area contributed by atoms with Crippen molar-refractivity contribution in [1.29, 1.82) is 0 Å². The summed E-state index contributed by atoms with van der Waals surface area (Å²) < 4.78 is 0. The van der Waals surface area contributed by atoms with E-state index in [4.69, 9.17) is 23.2 Å². The van der Waals surface area contributed by atoms with Crippen LogP contribution in [0.2, 0.25) is 10.0 Å². The lowest BCUT2D eigenvalue weighted by Crippen LogP contribution is -2.18. The number of rotatable bonds is 8. The average Bonchev–Trinajstić information content (AvgIpc) is 3.32. The molecule has 0 aromatic heterocycles. The third-order valence-electron chi connectivity index (χ3n) is 11.2. The first-order valence-corrected chi connectivity index (χ1v) is 25.8. The van der Waals surface area contributed by atoms with Gasteiger partial charge in [0.2, 0.25) is 0 Å². The van der Waals surface area contributed by atoms with Crippen LogP contribution in [-0.4, -0.2) is 11.6 Å². The molecule has 0 spiro atoms. The van der Waals surface area contributed by atoms with Crippen LogP contribution >= 0.6 is 23.2 Å². The number of ketones is 2. The quantitative estimate of drug-likeness (QED) is 0.152. The Labute approximate surface area is 438 Å². The molecule has 0 saturated carbocycles. The predicted molar refractivity (Wildman–Crippen MR) is 312 cm³/mol. The van der Waals surface area contributed by atoms with Gasteiger partial charge in [0.1, 0.15) is 11.6 Å². The Morgan fingerprint density at radius 2 is 0.814 bits per heavy atom. The van der Waals surface area contributed by atoms with E-state index in [0.717, 1.165) is 10.0 Å². The van der Waals surface area contributed by atoms with E-state index in [0.29, 0.717) is 35.9 Å². The topological polar surface area (TPSA) is 34.1 Å². The summed E-state index contributed by atoms with van der Waals surface area (Å²) in [5.41, 5.74) is 7.86. The van der Waals surface area contributed by atoms with E-state index in [2.05, 4.69) is 209 Å². The minimum atomic E-state index is -0.139. The van der Waals surface area contributed by atoms with Crippen LogP contribution in [0.4, 0.5) is 0 Å². The summed E-state index contributed by atoms with van der Waals surface area (Å²) in [6.45, 7) is 37.0. The van der Waals surface area contributed by atoms with Gasteiger partial charge in [-0.15, -0.1) is 0 Å². The van der Waals surface area contributed by atoms with Gasteiger partial charge in [-0.05, 0) is 88.2 Å². The fraction of sp³-hybridized carbons (Fsp3) is 0.394. The number of benzene rings is 6. The van der Waals surface area contributed by atoms with E-state index in [1.807, 2.05) is 90.9 Å². The van der Waals surface area contributed by atoms with Crippen LogP contribution in [0, 0.1) is 16.7 Å². The van der Waals surface area contributed by atoms with Crippen molar-refractivity contribution in [3.05, 3.63) is 219 Å². The number of carbonyl (C=O) groups excluding carboxylic acids is 2. The standard InChI is InChI=1S/C15H16.C11H14.2C9H11Cl.C9H12.C7H14O.C6H12O/c1-15(2,13-9-5-3-6-10-13)14-11-7-4-8-12-14;1-10(2)8-9-11-6-4-3-5-7-11;1-7(2)8-3-5-9(10)6-4-8;1-7(2)8-4-3-5-9(10)6-8;1-8(2)9-6-4-3-5-7-9;1-5-6(8)7(2,3)4;1-5(7)6(2,3)4/h3-12H,1-2H3;3-10H,1-2H3;2*3-7H,1-2H3;3-8H,1-2H3;5H2,1-4H3;1-4H3/b;9-8+;;;;;. The molecule has 0 radical (unpaired) electrons. The number of hydrogen-bond acceptors (Lipinski definition) is 2. The molecule has 0 N–H and O–H groups in total. The summed E-state index contributed by atoms with van der Waals surface area (Å²) in [6, 6.07) is 58.1. The van der Waals surface area contributed by atoms with E-state index < -0.39 is 0 Å². The zero-order valence-electron chi connectivity index (χ0n) is 46.4. The second-order valence-electron chi connectivity index (χ2n) is 21.2. The Balaban J connectivity index is 0.000000805. The Kier molecular flexibility index (Phi) is 31.9. The molecule has 0 aliphatic rings. The van der Waals surface area contributed by atoms with Gasteiger partial charge < -0.3 is 0 Å². The third kappa shape index (κ3) is 29.9. The fourth-order valence-electron chi connectivity index (χ4n) is 5.83. The monoisotopic (exact) mass is 985 g/mol. The van der Waals surface area contributed by atoms with E-state index >= 15 is 0 Å². The van der Waals surface area contributed by atoms with Gasteiger partial charge >= 0.3 is 0 Å². The molecule has 2 nitrogen and oxygen atoms in total. The molecule has 380 valence electrons. The predicted octanol–water partition coefficient (Wildman–Crippen LogP) is 20.7. The second-order valence-corrected chi connectivity index (χ2v) is 22.1. The van der Waals surface area contributed by atoms with Gasteiger partial charge in [0, 0.05) is 32.7 Å². The number of hydrogen-bond donors (Lipinski definition) is 0. The molecule has 6 aromatic rings. The Bertz CT molecular complexity index is 2230. The lowest BCUT2D eigenvalue weighted by molar-refractivity contribution is -0.126. The zero-order valence-corrected chi connectivity index (χ0v) is 47.9. The maximum Gasteiger partial charge on any atom is 0.137 e. The van der Waals surface area contributed by atoms with Crippen molar-refractivity contribution < 1.29 is 9.59 Å². The van der Waals surface area contributed by atoms with E-state index in [1.165, 1.54) is 33.4 Å². The Morgan fingerprint density at radius 3 is 1.10 bits per heavy atom. The van der Waals surface area contributed by atoms with Gasteiger partial charge in [-0.2, -0.15) is 0 Å². The molecule has 6 aromatic carbocycles. The van der Waals surface area contributed by atoms with E-state index in [1.54, 1.807) is 6.92 Å². The molecule has 0 amide bonds. The van der Waals surface area contributed by atoms with Crippen LogP contribution < -0.4 is 0 Å². The molecule has 0 aliphatic carbocycles. The first kappa shape index (κ1) is 65.0. The van der Waals surface area contributed by atoms with Crippen molar-refractivity contribution in [3.63, 3.8) is 0 Å². The fourth-order valence-corrected chi connectivity index (χ4v) is 6.15. The molecular formula is C66H90Cl2O2. The highest BCUT2D eigenvalue weighted by molar-refractivity contribution is 6.30. The van der Waals surface area contributed by atoms with Crippen molar-refractivity contribution in [2.24, 2.45) is 16.7 Å². The average molecular weight is 986 g/mol. The highest BCUT2D eigenvalue weighted by Gasteiger charge is 2.22. The van der Waals surface area contributed by atoms with Gasteiger partial charge in [0.05, 0.1) is 0 Å².